The van der Waals surface area contributed by atoms with E-state index in [-0.39, 0.29) is 17.1 Å². The molecule has 0 radical (unpaired) electrons. The maximum atomic E-state index is 15.2. The van der Waals surface area contributed by atoms with E-state index >= 15 is 4.39 Å². The zero-order valence-corrected chi connectivity index (χ0v) is 17.9. The van der Waals surface area contributed by atoms with Gasteiger partial charge in [0, 0.05) is 18.8 Å². The van der Waals surface area contributed by atoms with Crippen molar-refractivity contribution in [3.05, 3.63) is 95.4 Å². The fourth-order valence-electron chi connectivity index (χ4n) is 3.84. The van der Waals surface area contributed by atoms with Crippen LogP contribution in [0.1, 0.15) is 0 Å². The Morgan fingerprint density at radius 1 is 1.12 bits per heavy atom. The summed E-state index contributed by atoms with van der Waals surface area (Å²) in [7, 11) is 1.39. The van der Waals surface area contributed by atoms with Crippen LogP contribution in [0.25, 0.3) is 22.8 Å². The van der Waals surface area contributed by atoms with Crippen molar-refractivity contribution >= 4 is 5.69 Å². The second kappa shape index (κ2) is 8.27. The van der Waals surface area contributed by atoms with Crippen LogP contribution in [0.3, 0.4) is 0 Å². The number of halogens is 1. The molecule has 166 valence electrons. The Balaban J connectivity index is 1.62. The first kappa shape index (κ1) is 20.5. The largest absolute Gasteiger partial charge is 0.491 e. The predicted octanol–water partition coefficient (Wildman–Crippen LogP) is 3.11. The predicted molar refractivity (Wildman–Crippen MR) is 123 cm³/mol. The SMILES string of the molecule is C=C1NCCN1c1ccc(-n2cc(OC)c(=O)c(-c3ccnn3-c3ccccc3)n2)c(F)c1. The Kier molecular flexibility index (Phi) is 5.14. The number of para-hydroxylation sites is 1. The molecule has 0 bridgehead atoms. The lowest BCUT2D eigenvalue weighted by atomic mass is 10.2. The highest BCUT2D eigenvalue weighted by Gasteiger charge is 2.21. The summed E-state index contributed by atoms with van der Waals surface area (Å²) < 4.78 is 23.4. The van der Waals surface area contributed by atoms with Gasteiger partial charge in [-0.25, -0.2) is 13.8 Å². The number of nitrogens with one attached hydrogen (secondary N) is 1. The minimum Gasteiger partial charge on any atom is -0.491 e. The minimum absolute atomic E-state index is 0.0430. The molecule has 0 saturated carbocycles. The summed E-state index contributed by atoms with van der Waals surface area (Å²) in [6, 6.07) is 15.9. The zero-order chi connectivity index (χ0) is 22.9. The van der Waals surface area contributed by atoms with Crippen LogP contribution in [0.2, 0.25) is 0 Å². The summed E-state index contributed by atoms with van der Waals surface area (Å²) in [6.07, 6.45) is 2.96. The van der Waals surface area contributed by atoms with Crippen molar-refractivity contribution in [3.63, 3.8) is 0 Å². The zero-order valence-electron chi connectivity index (χ0n) is 17.9. The van der Waals surface area contributed by atoms with Crippen LogP contribution in [0.4, 0.5) is 10.1 Å². The number of anilines is 1. The van der Waals surface area contributed by atoms with Gasteiger partial charge in [-0.05, 0) is 36.4 Å². The standard InChI is InChI=1S/C24H21FN6O2/c1-16-26-12-13-29(16)18-8-9-20(19(25)14-18)30-15-22(33-2)24(32)23(28-30)21-10-11-27-31(21)17-6-4-3-5-7-17/h3-11,14-15,26H,1,12-13H2,2H3. The third-order valence-electron chi connectivity index (χ3n) is 5.47. The topological polar surface area (TPSA) is 77.2 Å². The van der Waals surface area contributed by atoms with Crippen LogP contribution in [0, 0.1) is 5.82 Å². The summed E-state index contributed by atoms with van der Waals surface area (Å²) in [6.45, 7) is 5.40. The Labute approximate surface area is 189 Å². The number of rotatable bonds is 5. The van der Waals surface area contributed by atoms with Crippen LogP contribution in [0.15, 0.2) is 84.2 Å². The Morgan fingerprint density at radius 2 is 1.94 bits per heavy atom. The molecule has 33 heavy (non-hydrogen) atoms. The van der Waals surface area contributed by atoms with Crippen LogP contribution in [-0.2, 0) is 0 Å². The lowest BCUT2D eigenvalue weighted by Gasteiger charge is -2.19. The Bertz CT molecular complexity index is 1400. The van der Waals surface area contributed by atoms with Gasteiger partial charge in [-0.3, -0.25) is 4.79 Å². The molecule has 3 heterocycles. The van der Waals surface area contributed by atoms with Gasteiger partial charge in [0.1, 0.15) is 5.69 Å². The molecule has 1 aliphatic heterocycles. The molecule has 0 spiro atoms. The molecule has 1 aliphatic rings. The Morgan fingerprint density at radius 3 is 2.64 bits per heavy atom. The quantitative estimate of drug-likeness (QED) is 0.510. The molecule has 2 aromatic carbocycles. The van der Waals surface area contributed by atoms with Gasteiger partial charge in [-0.1, -0.05) is 24.8 Å². The van der Waals surface area contributed by atoms with Crippen molar-refractivity contribution in [1.29, 1.82) is 0 Å². The third-order valence-corrected chi connectivity index (χ3v) is 5.47. The number of hydrogen-bond acceptors (Lipinski definition) is 6. The number of nitrogens with zero attached hydrogens (tertiary/aromatic N) is 5. The van der Waals surface area contributed by atoms with E-state index in [4.69, 9.17) is 4.74 Å². The average molecular weight is 444 g/mol. The van der Waals surface area contributed by atoms with Crippen LogP contribution in [-0.4, -0.2) is 39.8 Å². The second-order valence-electron chi connectivity index (χ2n) is 7.44. The molecule has 9 heteroatoms. The van der Waals surface area contributed by atoms with E-state index in [1.54, 1.807) is 29.1 Å². The molecule has 4 aromatic rings. The second-order valence-corrected chi connectivity index (χ2v) is 7.44. The van der Waals surface area contributed by atoms with E-state index in [1.165, 1.54) is 24.1 Å². The van der Waals surface area contributed by atoms with Crippen molar-refractivity contribution in [2.75, 3.05) is 25.1 Å². The molecular weight excluding hydrogens is 423 g/mol. The lowest BCUT2D eigenvalue weighted by Crippen LogP contribution is -2.19. The number of ether oxygens (including phenoxy) is 1. The summed E-state index contributed by atoms with van der Waals surface area (Å²) in [5.41, 5.74) is 1.78. The normalized spacial score (nSPS) is 13.3. The first-order valence-electron chi connectivity index (χ1n) is 10.3. The molecule has 2 aromatic heterocycles. The van der Waals surface area contributed by atoms with Crippen LogP contribution < -0.4 is 20.4 Å². The number of aromatic nitrogens is 4. The van der Waals surface area contributed by atoms with Crippen molar-refractivity contribution in [2.45, 2.75) is 0 Å². The van der Waals surface area contributed by atoms with E-state index < -0.39 is 11.2 Å². The monoisotopic (exact) mass is 444 g/mol. The summed E-state index contributed by atoms with van der Waals surface area (Å²) in [4.78, 5) is 15.0. The molecule has 1 saturated heterocycles. The first-order chi connectivity index (χ1) is 16.1. The minimum atomic E-state index is -0.493. The fraction of sp³-hybridized carbons (Fsp3) is 0.125. The maximum absolute atomic E-state index is 15.2. The van der Waals surface area contributed by atoms with Gasteiger partial charge in [-0.2, -0.15) is 10.2 Å². The first-order valence-corrected chi connectivity index (χ1v) is 10.3. The summed E-state index contributed by atoms with van der Waals surface area (Å²) >= 11 is 0. The van der Waals surface area contributed by atoms with Crippen LogP contribution in [0.5, 0.6) is 5.75 Å². The lowest BCUT2D eigenvalue weighted by molar-refractivity contribution is 0.405. The molecule has 5 rings (SSSR count). The smallest absolute Gasteiger partial charge is 0.251 e. The van der Waals surface area contributed by atoms with E-state index in [9.17, 15) is 4.79 Å². The molecule has 1 N–H and O–H groups in total. The molecule has 0 unspecified atom stereocenters. The van der Waals surface area contributed by atoms with Gasteiger partial charge in [0.2, 0.25) is 0 Å². The van der Waals surface area contributed by atoms with E-state index in [1.807, 2.05) is 35.2 Å². The maximum Gasteiger partial charge on any atom is 0.251 e. The van der Waals surface area contributed by atoms with Crippen molar-refractivity contribution in [2.24, 2.45) is 0 Å². The highest BCUT2D eigenvalue weighted by molar-refractivity contribution is 5.60. The number of hydrogen-bond donors (Lipinski definition) is 1. The highest BCUT2D eigenvalue weighted by Crippen LogP contribution is 2.26. The Hall–Kier alpha value is -4.40. The van der Waals surface area contributed by atoms with Gasteiger partial charge >= 0.3 is 0 Å². The van der Waals surface area contributed by atoms with Crippen molar-refractivity contribution in [1.82, 2.24) is 24.9 Å². The third kappa shape index (κ3) is 3.63. The summed E-state index contributed by atoms with van der Waals surface area (Å²) in [5, 5.41) is 11.9. The van der Waals surface area contributed by atoms with Crippen molar-refractivity contribution < 1.29 is 9.13 Å². The van der Waals surface area contributed by atoms with Gasteiger partial charge in [0.25, 0.3) is 5.43 Å². The van der Waals surface area contributed by atoms with Gasteiger partial charge in [0.15, 0.2) is 17.3 Å². The summed E-state index contributed by atoms with van der Waals surface area (Å²) in [5.74, 6) is 0.274. The van der Waals surface area contributed by atoms with Gasteiger partial charge in [0.05, 0.1) is 36.7 Å². The number of methoxy groups -OCH3 is 1. The molecule has 1 fully saturated rings. The molecule has 8 nitrogen and oxygen atoms in total. The van der Waals surface area contributed by atoms with E-state index in [0.717, 1.165) is 18.1 Å². The van der Waals surface area contributed by atoms with Gasteiger partial charge in [-0.15, -0.1) is 0 Å². The van der Waals surface area contributed by atoms with Crippen molar-refractivity contribution in [3.8, 4) is 28.5 Å². The molecule has 0 amide bonds. The molecule has 0 atom stereocenters. The van der Waals surface area contributed by atoms with E-state index in [2.05, 4.69) is 22.1 Å². The highest BCUT2D eigenvalue weighted by atomic mass is 19.1. The molecule has 0 aliphatic carbocycles. The van der Waals surface area contributed by atoms with Gasteiger partial charge < -0.3 is 15.0 Å². The van der Waals surface area contributed by atoms with Crippen LogP contribution >= 0.6 is 0 Å². The fourth-order valence-corrected chi connectivity index (χ4v) is 3.84. The average Bonchev–Trinajstić information content (AvgIpc) is 3.49. The number of benzene rings is 2. The molecular formula is C24H21FN6O2. The van der Waals surface area contributed by atoms with E-state index in [0.29, 0.717) is 17.9 Å².